The van der Waals surface area contributed by atoms with Gasteiger partial charge >= 0.3 is 6.09 Å². The highest BCUT2D eigenvalue weighted by Crippen LogP contribution is 2.42. The molecule has 2 atom stereocenters. The normalized spacial score (nSPS) is 13.8. The molecule has 1 rings (SSSR count). The van der Waals surface area contributed by atoms with Gasteiger partial charge in [-0.1, -0.05) is 83.7 Å². The molecule has 0 unspecified atom stereocenters. The number of ether oxygens (including phenoxy) is 3. The molecule has 0 bridgehead atoms. The summed E-state index contributed by atoms with van der Waals surface area (Å²) in [6, 6.07) is 9.46. The lowest BCUT2D eigenvalue weighted by Crippen LogP contribution is -2.47. The van der Waals surface area contributed by atoms with Crippen molar-refractivity contribution < 1.29 is 23.4 Å². The van der Waals surface area contributed by atoms with Gasteiger partial charge < -0.3 is 24.0 Å². The van der Waals surface area contributed by atoms with Gasteiger partial charge in [0.2, 0.25) is 20.7 Å². The van der Waals surface area contributed by atoms with Crippen LogP contribution in [0.5, 0.6) is 0 Å². The van der Waals surface area contributed by atoms with Crippen molar-refractivity contribution in [3.8, 4) is 11.8 Å². The molecule has 1 N–H and O–H groups in total. The highest BCUT2D eigenvalue weighted by molar-refractivity contribution is 6.77. The van der Waals surface area contributed by atoms with E-state index < -0.39 is 26.8 Å². The van der Waals surface area contributed by atoms with E-state index in [-0.39, 0.29) is 12.6 Å². The first-order valence-corrected chi connectivity index (χ1v) is 13.4. The van der Waals surface area contributed by atoms with Crippen LogP contribution in [0.2, 0.25) is 16.6 Å². The van der Waals surface area contributed by atoms with Crippen molar-refractivity contribution in [3.63, 3.8) is 0 Å². The molecule has 0 aliphatic carbocycles. The van der Waals surface area contributed by atoms with Crippen LogP contribution in [0.4, 0.5) is 4.79 Å². The van der Waals surface area contributed by atoms with Crippen LogP contribution in [0.15, 0.2) is 30.3 Å². The van der Waals surface area contributed by atoms with Crippen molar-refractivity contribution in [2.45, 2.75) is 83.5 Å². The number of amides is 1. The van der Waals surface area contributed by atoms with Gasteiger partial charge in [-0.2, -0.15) is 0 Å². The molecule has 0 saturated heterocycles. The van der Waals surface area contributed by atoms with Gasteiger partial charge in [-0.15, -0.1) is 0 Å². The first-order chi connectivity index (χ1) is 15.1. The van der Waals surface area contributed by atoms with Gasteiger partial charge in [-0.3, -0.25) is 0 Å². The van der Waals surface area contributed by atoms with E-state index in [4.69, 9.17) is 18.6 Å². The van der Waals surface area contributed by atoms with Crippen LogP contribution in [0.25, 0.3) is 0 Å². The van der Waals surface area contributed by atoms with Crippen molar-refractivity contribution in [2.24, 2.45) is 0 Å². The summed E-state index contributed by atoms with van der Waals surface area (Å²) in [5.41, 5.74) is 2.37. The van der Waals surface area contributed by atoms with E-state index in [2.05, 4.69) is 58.7 Å². The molecule has 0 aliphatic rings. The second kappa shape index (κ2) is 13.6. The third-order valence-corrected chi connectivity index (χ3v) is 12.0. The molecule has 0 radical (unpaired) electrons. The van der Waals surface area contributed by atoms with Crippen LogP contribution in [0.3, 0.4) is 0 Å². The Labute approximate surface area is 195 Å². The van der Waals surface area contributed by atoms with Crippen molar-refractivity contribution in [3.05, 3.63) is 35.9 Å². The SMILES string of the molecule is COC(OC)[C@@H](C#CCO[Si](C(C)C)(C(C)C)C(C)C)OC(=O)N[C@@H](C)c1ccccc1. The van der Waals surface area contributed by atoms with E-state index in [0.29, 0.717) is 16.6 Å². The summed E-state index contributed by atoms with van der Waals surface area (Å²) < 4.78 is 22.6. The number of rotatable bonds is 11. The first-order valence-electron chi connectivity index (χ1n) is 11.3. The second-order valence-corrected chi connectivity index (χ2v) is 14.3. The minimum Gasteiger partial charge on any atom is -0.427 e. The largest absolute Gasteiger partial charge is 0.427 e. The molecule has 1 aromatic carbocycles. The highest BCUT2D eigenvalue weighted by Gasteiger charge is 2.44. The minimum absolute atomic E-state index is 0.209. The fourth-order valence-corrected chi connectivity index (χ4v) is 9.77. The number of alkyl carbamates (subject to hydrolysis) is 1. The predicted molar refractivity (Wildman–Crippen MR) is 131 cm³/mol. The van der Waals surface area contributed by atoms with Gasteiger partial charge in [-0.25, -0.2) is 4.79 Å². The van der Waals surface area contributed by atoms with E-state index in [1.54, 1.807) is 0 Å². The summed E-state index contributed by atoms with van der Waals surface area (Å²) in [7, 11) is 0.955. The number of nitrogens with one attached hydrogen (secondary N) is 1. The lowest BCUT2D eigenvalue weighted by Gasteiger charge is -2.41. The van der Waals surface area contributed by atoms with Crippen LogP contribution >= 0.6 is 0 Å². The van der Waals surface area contributed by atoms with Crippen LogP contribution in [-0.2, 0) is 18.6 Å². The van der Waals surface area contributed by atoms with Crippen LogP contribution in [-0.4, -0.2) is 47.6 Å². The van der Waals surface area contributed by atoms with Gasteiger partial charge in [0.25, 0.3) is 0 Å². The molecule has 0 spiro atoms. The summed E-state index contributed by atoms with van der Waals surface area (Å²) in [6.45, 7) is 15.6. The Morgan fingerprint density at radius 3 is 1.94 bits per heavy atom. The maximum absolute atomic E-state index is 12.5. The number of benzene rings is 1. The fourth-order valence-electron chi connectivity index (χ4n) is 4.45. The summed E-state index contributed by atoms with van der Waals surface area (Å²) in [4.78, 5) is 12.5. The Morgan fingerprint density at radius 2 is 1.47 bits per heavy atom. The zero-order chi connectivity index (χ0) is 24.3. The molecule has 0 saturated carbocycles. The average molecular weight is 464 g/mol. The number of methoxy groups -OCH3 is 2. The molecule has 0 aliphatic heterocycles. The average Bonchev–Trinajstić information content (AvgIpc) is 2.74. The molecule has 6 nitrogen and oxygen atoms in total. The zero-order valence-electron chi connectivity index (χ0n) is 21.1. The maximum Gasteiger partial charge on any atom is 0.409 e. The zero-order valence-corrected chi connectivity index (χ0v) is 22.1. The molecular formula is C25H41NO5Si. The Morgan fingerprint density at radius 1 is 0.938 bits per heavy atom. The van der Waals surface area contributed by atoms with Gasteiger partial charge in [0.1, 0.15) is 0 Å². The Balaban J connectivity index is 2.88. The molecular weight excluding hydrogens is 422 g/mol. The Kier molecular flexibility index (Phi) is 12.0. The Hall–Kier alpha value is -1.85. The summed E-state index contributed by atoms with van der Waals surface area (Å²) >= 11 is 0. The quantitative estimate of drug-likeness (QED) is 0.261. The fraction of sp³-hybridized carbons (Fsp3) is 0.640. The molecule has 0 fully saturated rings. The van der Waals surface area contributed by atoms with Crippen molar-refractivity contribution >= 4 is 14.4 Å². The lowest BCUT2D eigenvalue weighted by atomic mass is 10.1. The predicted octanol–water partition coefficient (Wildman–Crippen LogP) is 5.66. The Bertz CT molecular complexity index is 716. The van der Waals surface area contributed by atoms with Crippen LogP contribution in [0.1, 0.15) is 60.1 Å². The monoisotopic (exact) mass is 463 g/mol. The van der Waals surface area contributed by atoms with Gasteiger partial charge in [-0.05, 0) is 29.1 Å². The molecule has 1 amide bonds. The molecule has 0 aromatic heterocycles. The second-order valence-electron chi connectivity index (χ2n) is 8.87. The highest BCUT2D eigenvalue weighted by atomic mass is 28.4. The molecule has 32 heavy (non-hydrogen) atoms. The standard InChI is InChI=1S/C25H41NO5Si/c1-18(2)32(19(3)4,20(5)6)30-17-13-16-23(24(28-8)29-9)31-25(27)26-21(7)22-14-11-10-12-15-22/h10-12,14-15,18-21,23-24H,17H2,1-9H3,(H,26,27)/t21-,23+/m0/s1. The maximum atomic E-state index is 12.5. The van der Waals surface area contributed by atoms with E-state index >= 15 is 0 Å². The smallest absolute Gasteiger partial charge is 0.409 e. The molecule has 180 valence electrons. The minimum atomic E-state index is -2.02. The molecule has 7 heteroatoms. The number of carbonyl (C=O) groups is 1. The lowest BCUT2D eigenvalue weighted by molar-refractivity contribution is -0.148. The van der Waals surface area contributed by atoms with Gasteiger partial charge in [0.05, 0.1) is 12.6 Å². The molecule has 1 aromatic rings. The molecule has 0 heterocycles. The topological polar surface area (TPSA) is 66.0 Å². The number of carbonyl (C=O) groups excluding carboxylic acids is 1. The van der Waals surface area contributed by atoms with E-state index in [1.807, 2.05) is 37.3 Å². The van der Waals surface area contributed by atoms with Crippen molar-refractivity contribution in [1.29, 1.82) is 0 Å². The van der Waals surface area contributed by atoms with E-state index in [0.717, 1.165) is 5.56 Å². The van der Waals surface area contributed by atoms with Crippen LogP contribution in [0, 0.1) is 11.8 Å². The van der Waals surface area contributed by atoms with E-state index in [1.165, 1.54) is 14.2 Å². The summed E-state index contributed by atoms with van der Waals surface area (Å²) in [5, 5.41) is 2.82. The third kappa shape index (κ3) is 7.63. The van der Waals surface area contributed by atoms with Crippen molar-refractivity contribution in [2.75, 3.05) is 20.8 Å². The first kappa shape index (κ1) is 28.2. The summed E-state index contributed by atoms with van der Waals surface area (Å²) in [6.07, 6.45) is -2.27. The number of hydrogen-bond acceptors (Lipinski definition) is 5. The van der Waals surface area contributed by atoms with Crippen LogP contribution < -0.4 is 5.32 Å². The van der Waals surface area contributed by atoms with Gasteiger partial charge in [0.15, 0.2) is 0 Å². The van der Waals surface area contributed by atoms with Crippen molar-refractivity contribution in [1.82, 2.24) is 5.32 Å². The number of hydrogen-bond donors (Lipinski definition) is 1. The third-order valence-electron chi connectivity index (χ3n) is 5.93. The van der Waals surface area contributed by atoms with E-state index in [9.17, 15) is 4.79 Å². The summed E-state index contributed by atoms with van der Waals surface area (Å²) in [5.74, 6) is 6.01. The van der Waals surface area contributed by atoms with Gasteiger partial charge in [0, 0.05) is 14.2 Å².